The molecule has 0 radical (unpaired) electrons. The molecular weight excluding hydrogens is 340 g/mol. The molecule has 1 aliphatic carbocycles. The third kappa shape index (κ3) is 5.91. The normalized spacial score (nSPS) is 26.3. The first-order valence-electron chi connectivity index (χ1n) is 11.4. The van der Waals surface area contributed by atoms with Gasteiger partial charge in [-0.15, -0.1) is 0 Å². The van der Waals surface area contributed by atoms with Gasteiger partial charge in [0.25, 0.3) is 0 Å². The summed E-state index contributed by atoms with van der Waals surface area (Å²) in [6.45, 7) is 19.8. The Bertz CT molecular complexity index is 360. The maximum absolute atomic E-state index is 6.18. The lowest BCUT2D eigenvalue weighted by Crippen LogP contribution is -2.49. The molecule has 2 atom stereocenters. The molecule has 1 aliphatic rings. The van der Waals surface area contributed by atoms with Crippen molar-refractivity contribution in [2.45, 2.75) is 131 Å². The highest BCUT2D eigenvalue weighted by atomic mass is 17.3. The minimum atomic E-state index is -0.832. The Labute approximate surface area is 168 Å². The highest BCUT2D eigenvalue weighted by Crippen LogP contribution is 2.45. The minimum Gasteiger partial charge on any atom is -0.227 e. The van der Waals surface area contributed by atoms with Crippen molar-refractivity contribution in [1.82, 2.24) is 0 Å². The first kappa shape index (κ1) is 24.9. The molecule has 0 aromatic rings. The van der Waals surface area contributed by atoms with Crippen molar-refractivity contribution in [1.29, 1.82) is 0 Å². The van der Waals surface area contributed by atoms with Crippen LogP contribution in [-0.2, 0) is 19.6 Å². The summed E-state index contributed by atoms with van der Waals surface area (Å²) in [5.41, 5.74) is -0.521. The molecule has 0 heterocycles. The lowest BCUT2D eigenvalue weighted by Gasteiger charge is -2.46. The molecule has 0 N–H and O–H groups in total. The van der Waals surface area contributed by atoms with E-state index < -0.39 is 5.79 Å². The molecule has 27 heavy (non-hydrogen) atoms. The Morgan fingerprint density at radius 3 is 1.19 bits per heavy atom. The zero-order chi connectivity index (χ0) is 20.7. The fraction of sp³-hybridized carbons (Fsp3) is 1.00. The Morgan fingerprint density at radius 2 is 0.926 bits per heavy atom. The first-order valence-corrected chi connectivity index (χ1v) is 11.4. The molecule has 1 saturated carbocycles. The highest BCUT2D eigenvalue weighted by molar-refractivity contribution is 4.86. The quantitative estimate of drug-likeness (QED) is 0.201. The van der Waals surface area contributed by atoms with Crippen LogP contribution < -0.4 is 0 Å². The predicted molar refractivity (Wildman–Crippen MR) is 111 cm³/mol. The zero-order valence-electron chi connectivity index (χ0n) is 19.5. The molecule has 162 valence electrons. The molecule has 1 fully saturated rings. The van der Waals surface area contributed by atoms with Crippen molar-refractivity contribution < 1.29 is 19.6 Å². The molecule has 1 rings (SSSR count). The molecule has 0 spiro atoms. The van der Waals surface area contributed by atoms with Gasteiger partial charge in [0.2, 0.25) is 5.79 Å². The van der Waals surface area contributed by atoms with Crippen LogP contribution in [0.1, 0.15) is 114 Å². The Balaban J connectivity index is 3.03. The van der Waals surface area contributed by atoms with E-state index in [4.69, 9.17) is 19.6 Å². The smallest absolute Gasteiger partial charge is 0.227 e. The van der Waals surface area contributed by atoms with E-state index in [2.05, 4.69) is 62.3 Å². The summed E-state index contributed by atoms with van der Waals surface area (Å²) in [7, 11) is 0. The van der Waals surface area contributed by atoms with Gasteiger partial charge in [0.1, 0.15) is 11.2 Å². The average Bonchev–Trinajstić information content (AvgIpc) is 2.69. The molecule has 0 saturated heterocycles. The second-order valence-corrected chi connectivity index (χ2v) is 8.95. The van der Waals surface area contributed by atoms with Crippen LogP contribution in [0.25, 0.3) is 0 Å². The molecular formula is C23H46O4. The maximum atomic E-state index is 6.18. The van der Waals surface area contributed by atoms with Crippen molar-refractivity contribution in [2.75, 3.05) is 0 Å². The highest BCUT2D eigenvalue weighted by Gasteiger charge is 2.48. The number of rotatable bonds is 12. The van der Waals surface area contributed by atoms with Crippen molar-refractivity contribution >= 4 is 0 Å². The largest absolute Gasteiger partial charge is 0.234 e. The monoisotopic (exact) mass is 386 g/mol. The SMILES string of the molecule is CCC(CC)(CC)OOC1(OOC(CC)(CC)CC)CC(C)C(C)C(C)C1. The van der Waals surface area contributed by atoms with Gasteiger partial charge in [-0.1, -0.05) is 62.3 Å². The van der Waals surface area contributed by atoms with E-state index in [9.17, 15) is 0 Å². The maximum Gasteiger partial charge on any atom is 0.234 e. The second-order valence-electron chi connectivity index (χ2n) is 8.95. The number of hydrogen-bond acceptors (Lipinski definition) is 4. The molecule has 0 aromatic heterocycles. The van der Waals surface area contributed by atoms with Gasteiger partial charge in [-0.05, 0) is 56.3 Å². The summed E-state index contributed by atoms with van der Waals surface area (Å²) in [4.78, 5) is 24.6. The molecule has 2 unspecified atom stereocenters. The Morgan fingerprint density at radius 1 is 0.630 bits per heavy atom. The van der Waals surface area contributed by atoms with Crippen molar-refractivity contribution in [3.8, 4) is 0 Å². The van der Waals surface area contributed by atoms with E-state index in [0.29, 0.717) is 17.8 Å². The van der Waals surface area contributed by atoms with E-state index in [-0.39, 0.29) is 11.2 Å². The second kappa shape index (κ2) is 10.6. The van der Waals surface area contributed by atoms with Crippen LogP contribution in [0, 0.1) is 17.8 Å². The zero-order valence-corrected chi connectivity index (χ0v) is 19.5. The molecule has 0 aliphatic heterocycles. The van der Waals surface area contributed by atoms with E-state index in [1.807, 2.05) is 0 Å². The standard InChI is InChI=1S/C23H46O4/c1-10-21(11-2,12-3)24-26-23(16-18(7)20(9)19(8)17-23)27-25-22(13-4,14-5)15-6/h18-20H,10-17H2,1-9H3. The van der Waals surface area contributed by atoms with Crippen LogP contribution in [0.5, 0.6) is 0 Å². The Hall–Kier alpha value is -0.160. The van der Waals surface area contributed by atoms with Crippen molar-refractivity contribution in [2.24, 2.45) is 17.8 Å². The van der Waals surface area contributed by atoms with Gasteiger partial charge in [-0.3, -0.25) is 0 Å². The van der Waals surface area contributed by atoms with Crippen LogP contribution in [0.15, 0.2) is 0 Å². The molecule has 0 amide bonds. The van der Waals surface area contributed by atoms with Gasteiger partial charge in [0, 0.05) is 12.8 Å². The van der Waals surface area contributed by atoms with E-state index in [1.165, 1.54) is 0 Å². The van der Waals surface area contributed by atoms with E-state index in [0.717, 1.165) is 51.4 Å². The summed E-state index contributed by atoms with van der Waals surface area (Å²) in [5.74, 6) is 0.770. The topological polar surface area (TPSA) is 36.9 Å². The average molecular weight is 387 g/mol. The molecule has 0 bridgehead atoms. The lowest BCUT2D eigenvalue weighted by atomic mass is 9.72. The third-order valence-electron chi connectivity index (χ3n) is 7.67. The lowest BCUT2D eigenvalue weighted by molar-refractivity contribution is -0.557. The molecule has 4 heteroatoms. The van der Waals surface area contributed by atoms with Gasteiger partial charge in [-0.2, -0.15) is 9.78 Å². The van der Waals surface area contributed by atoms with Crippen molar-refractivity contribution in [3.05, 3.63) is 0 Å². The van der Waals surface area contributed by atoms with Crippen LogP contribution >= 0.6 is 0 Å². The van der Waals surface area contributed by atoms with Crippen LogP contribution in [0.3, 0.4) is 0 Å². The summed E-state index contributed by atoms with van der Waals surface area (Å²) in [6.07, 6.45) is 7.09. The Kier molecular flexibility index (Phi) is 9.74. The summed E-state index contributed by atoms with van der Waals surface area (Å²) >= 11 is 0. The van der Waals surface area contributed by atoms with E-state index >= 15 is 0 Å². The van der Waals surface area contributed by atoms with E-state index in [1.54, 1.807) is 0 Å². The summed E-state index contributed by atoms with van der Waals surface area (Å²) < 4.78 is 0. The van der Waals surface area contributed by atoms with Gasteiger partial charge >= 0.3 is 0 Å². The minimum absolute atomic E-state index is 0.261. The molecule has 4 nitrogen and oxygen atoms in total. The predicted octanol–water partition coefficient (Wildman–Crippen LogP) is 7.22. The van der Waals surface area contributed by atoms with Gasteiger partial charge in [0.15, 0.2) is 0 Å². The fourth-order valence-corrected chi connectivity index (χ4v) is 4.33. The summed E-state index contributed by atoms with van der Waals surface area (Å²) in [6, 6.07) is 0. The van der Waals surface area contributed by atoms with Crippen LogP contribution in [0.4, 0.5) is 0 Å². The van der Waals surface area contributed by atoms with Gasteiger partial charge in [0.05, 0.1) is 0 Å². The summed E-state index contributed by atoms with van der Waals surface area (Å²) in [5, 5.41) is 0. The van der Waals surface area contributed by atoms with Crippen LogP contribution in [-0.4, -0.2) is 17.0 Å². The first-order chi connectivity index (χ1) is 12.7. The fourth-order valence-electron chi connectivity index (χ4n) is 4.33. The molecule has 0 aromatic carbocycles. The van der Waals surface area contributed by atoms with Crippen molar-refractivity contribution in [3.63, 3.8) is 0 Å². The third-order valence-corrected chi connectivity index (χ3v) is 7.67. The van der Waals surface area contributed by atoms with Crippen LogP contribution in [0.2, 0.25) is 0 Å². The number of hydrogen-bond donors (Lipinski definition) is 0. The van der Waals surface area contributed by atoms with Gasteiger partial charge < -0.3 is 0 Å². The van der Waals surface area contributed by atoms with Gasteiger partial charge in [-0.25, -0.2) is 9.78 Å².